The lowest BCUT2D eigenvalue weighted by Gasteiger charge is -2.05. The number of sulfonamides is 1. The fourth-order valence-electron chi connectivity index (χ4n) is 1.59. The van der Waals surface area contributed by atoms with Crippen LogP contribution in [0.5, 0.6) is 0 Å². The minimum absolute atomic E-state index is 0.114. The Bertz CT molecular complexity index is 926. The van der Waals surface area contributed by atoms with Crippen LogP contribution in [0.25, 0.3) is 10.6 Å². The molecule has 120 valence electrons. The molecule has 2 heterocycles. The zero-order valence-electron chi connectivity index (χ0n) is 11.7. The van der Waals surface area contributed by atoms with Crippen LogP contribution >= 0.6 is 23.1 Å². The Kier molecular flexibility index (Phi) is 5.19. The van der Waals surface area contributed by atoms with Gasteiger partial charge in [0.05, 0.1) is 16.9 Å². The molecule has 23 heavy (non-hydrogen) atoms. The lowest BCUT2D eigenvalue weighted by atomic mass is 10.2. The van der Waals surface area contributed by atoms with E-state index in [9.17, 15) is 18.0 Å². The van der Waals surface area contributed by atoms with E-state index in [1.54, 1.807) is 17.5 Å². The molecule has 0 radical (unpaired) electrons. The normalized spacial score (nSPS) is 11.0. The number of carbonyl (C=O) groups is 1. The summed E-state index contributed by atoms with van der Waals surface area (Å²) in [5, 5.41) is 11.0. The van der Waals surface area contributed by atoms with Gasteiger partial charge in [-0.15, -0.1) is 11.3 Å². The summed E-state index contributed by atoms with van der Waals surface area (Å²) in [5.41, 5.74) is -0.494. The van der Waals surface area contributed by atoms with E-state index < -0.39 is 21.5 Å². The number of thioether (sulfide) groups is 1. The molecule has 2 rings (SSSR count). The van der Waals surface area contributed by atoms with Crippen molar-refractivity contribution < 1.29 is 13.2 Å². The molecule has 2 N–H and O–H groups in total. The molecule has 0 unspecified atom stereocenters. The number of nitrogens with zero attached hydrogens (tertiary/aromatic N) is 2. The quantitative estimate of drug-likeness (QED) is 0.579. The molecule has 1 amide bonds. The Balaban J connectivity index is 2.26. The van der Waals surface area contributed by atoms with Crippen LogP contribution in [0.2, 0.25) is 0 Å². The fourth-order valence-corrected chi connectivity index (χ4v) is 3.54. The summed E-state index contributed by atoms with van der Waals surface area (Å²) in [7, 11) is -3.64. The predicted molar refractivity (Wildman–Crippen MR) is 86.6 cm³/mol. The maximum Gasteiger partial charge on any atom is 0.270 e. The second-order valence-corrected chi connectivity index (χ2v) is 7.93. The van der Waals surface area contributed by atoms with Gasteiger partial charge in [-0.1, -0.05) is 17.8 Å². The monoisotopic (exact) mass is 370 g/mol. The topological polar surface area (TPSA) is 133 Å². The van der Waals surface area contributed by atoms with E-state index in [0.29, 0.717) is 4.88 Å². The standard InChI is InChI=1S/C12H10N4O4S3/c1-23(19,20)16-9(17)6-22-12-14-10(8-3-2-4-21-8)7(5-13)11(18)15-12/h2-4H,6H2,1H3,(H,16,17)(H,14,15,18). The molecule has 0 spiro atoms. The first kappa shape index (κ1) is 17.2. The number of aromatic nitrogens is 2. The van der Waals surface area contributed by atoms with Crippen LogP contribution in [0.4, 0.5) is 0 Å². The minimum Gasteiger partial charge on any atom is -0.300 e. The maximum absolute atomic E-state index is 11.9. The third kappa shape index (κ3) is 4.65. The first-order chi connectivity index (χ1) is 10.8. The van der Waals surface area contributed by atoms with Crippen molar-refractivity contribution in [1.29, 1.82) is 5.26 Å². The van der Waals surface area contributed by atoms with E-state index in [1.807, 2.05) is 10.8 Å². The Morgan fingerprint density at radius 2 is 2.30 bits per heavy atom. The van der Waals surface area contributed by atoms with Crippen LogP contribution in [0, 0.1) is 11.3 Å². The Morgan fingerprint density at radius 1 is 1.57 bits per heavy atom. The van der Waals surface area contributed by atoms with Gasteiger partial charge in [0.15, 0.2) is 5.16 Å². The molecule has 0 aliphatic rings. The number of rotatable bonds is 5. The van der Waals surface area contributed by atoms with Crippen LogP contribution in [-0.4, -0.2) is 36.3 Å². The Morgan fingerprint density at radius 3 is 2.87 bits per heavy atom. The van der Waals surface area contributed by atoms with Gasteiger partial charge in [0.1, 0.15) is 17.3 Å². The molecule has 11 heteroatoms. The number of aromatic amines is 1. The number of amides is 1. The van der Waals surface area contributed by atoms with Gasteiger partial charge in [0, 0.05) is 0 Å². The SMILES string of the molecule is CS(=O)(=O)NC(=O)CSc1nc(-c2cccs2)c(C#N)c(=O)[nH]1. The van der Waals surface area contributed by atoms with Gasteiger partial charge in [0.2, 0.25) is 15.9 Å². The molecule has 0 atom stereocenters. The second kappa shape index (κ2) is 6.95. The summed E-state index contributed by atoms with van der Waals surface area (Å²) < 4.78 is 23.7. The first-order valence-corrected chi connectivity index (χ1v) is 9.77. The highest BCUT2D eigenvalue weighted by Gasteiger charge is 2.16. The maximum atomic E-state index is 11.9. The molecule has 2 aromatic heterocycles. The average molecular weight is 370 g/mol. The van der Waals surface area contributed by atoms with E-state index in [-0.39, 0.29) is 22.2 Å². The summed E-state index contributed by atoms with van der Waals surface area (Å²) in [5.74, 6) is -0.978. The average Bonchev–Trinajstić information content (AvgIpc) is 2.96. The van der Waals surface area contributed by atoms with Gasteiger partial charge in [-0.05, 0) is 11.4 Å². The second-order valence-electron chi connectivity index (χ2n) is 4.27. The van der Waals surface area contributed by atoms with E-state index >= 15 is 0 Å². The molecule has 0 saturated carbocycles. The van der Waals surface area contributed by atoms with Crippen molar-refractivity contribution in [2.45, 2.75) is 5.16 Å². The number of thiophene rings is 1. The number of hydrogen-bond donors (Lipinski definition) is 2. The van der Waals surface area contributed by atoms with Crippen LogP contribution in [0.3, 0.4) is 0 Å². The molecule has 0 aromatic carbocycles. The van der Waals surface area contributed by atoms with Gasteiger partial charge >= 0.3 is 0 Å². The van der Waals surface area contributed by atoms with Crippen molar-refractivity contribution in [2.75, 3.05) is 12.0 Å². The number of carbonyl (C=O) groups excluding carboxylic acids is 1. The van der Waals surface area contributed by atoms with Crippen molar-refractivity contribution in [3.63, 3.8) is 0 Å². The van der Waals surface area contributed by atoms with Crippen LogP contribution in [0.15, 0.2) is 27.5 Å². The molecule has 8 nitrogen and oxygen atoms in total. The van der Waals surface area contributed by atoms with E-state index in [2.05, 4.69) is 9.97 Å². The fraction of sp³-hybridized carbons (Fsp3) is 0.167. The molecule has 2 aromatic rings. The van der Waals surface area contributed by atoms with Crippen molar-refractivity contribution in [3.8, 4) is 16.6 Å². The van der Waals surface area contributed by atoms with Gasteiger partial charge < -0.3 is 4.98 Å². The lowest BCUT2D eigenvalue weighted by molar-refractivity contribution is -0.116. The minimum atomic E-state index is -3.64. The highest BCUT2D eigenvalue weighted by molar-refractivity contribution is 8.00. The summed E-state index contributed by atoms with van der Waals surface area (Å²) in [6.07, 6.45) is 0.867. The largest absolute Gasteiger partial charge is 0.300 e. The van der Waals surface area contributed by atoms with E-state index in [0.717, 1.165) is 18.0 Å². The van der Waals surface area contributed by atoms with Crippen molar-refractivity contribution in [3.05, 3.63) is 33.4 Å². The molecule has 0 aliphatic heterocycles. The van der Waals surface area contributed by atoms with Crippen LogP contribution < -0.4 is 10.3 Å². The molecular formula is C12H10N4O4S3. The van der Waals surface area contributed by atoms with Gasteiger partial charge in [-0.2, -0.15) is 5.26 Å². The van der Waals surface area contributed by atoms with Gasteiger partial charge in [-0.3, -0.25) is 14.3 Å². The summed E-state index contributed by atoms with van der Waals surface area (Å²) in [6, 6.07) is 5.29. The summed E-state index contributed by atoms with van der Waals surface area (Å²) >= 11 is 2.19. The Hall–Kier alpha value is -2.16. The lowest BCUT2D eigenvalue weighted by Crippen LogP contribution is -2.30. The van der Waals surface area contributed by atoms with Crippen molar-refractivity contribution >= 4 is 39.0 Å². The molecular weight excluding hydrogens is 360 g/mol. The molecule has 0 bridgehead atoms. The highest BCUT2D eigenvalue weighted by atomic mass is 32.2. The van der Waals surface area contributed by atoms with Crippen molar-refractivity contribution in [2.24, 2.45) is 0 Å². The molecule has 0 aliphatic carbocycles. The number of hydrogen-bond acceptors (Lipinski definition) is 8. The third-order valence-corrected chi connectivity index (χ3v) is 4.75. The molecule has 0 fully saturated rings. The van der Waals surface area contributed by atoms with Crippen LogP contribution in [0.1, 0.15) is 5.56 Å². The molecule has 0 saturated heterocycles. The zero-order valence-corrected chi connectivity index (χ0v) is 14.1. The van der Waals surface area contributed by atoms with E-state index in [1.165, 1.54) is 11.3 Å². The van der Waals surface area contributed by atoms with Crippen LogP contribution in [-0.2, 0) is 14.8 Å². The van der Waals surface area contributed by atoms with Gasteiger partial charge in [0.25, 0.3) is 5.56 Å². The van der Waals surface area contributed by atoms with Gasteiger partial charge in [-0.25, -0.2) is 13.4 Å². The number of H-pyrrole nitrogens is 1. The summed E-state index contributed by atoms with van der Waals surface area (Å²) in [4.78, 5) is 30.6. The predicted octanol–water partition coefficient (Wildman–Crippen LogP) is 0.538. The smallest absolute Gasteiger partial charge is 0.270 e. The third-order valence-electron chi connectivity index (χ3n) is 2.40. The zero-order chi connectivity index (χ0) is 17.0. The number of nitrogens with one attached hydrogen (secondary N) is 2. The summed E-state index contributed by atoms with van der Waals surface area (Å²) in [6.45, 7) is 0. The first-order valence-electron chi connectivity index (χ1n) is 6.02. The van der Waals surface area contributed by atoms with Crippen molar-refractivity contribution in [1.82, 2.24) is 14.7 Å². The Labute approximate surface area is 139 Å². The highest BCUT2D eigenvalue weighted by Crippen LogP contribution is 2.25. The van der Waals surface area contributed by atoms with E-state index in [4.69, 9.17) is 5.26 Å². The number of nitriles is 1.